The molecule has 194 valence electrons. The third-order valence-corrected chi connectivity index (χ3v) is 10.4. The van der Waals surface area contributed by atoms with E-state index in [9.17, 15) is 0 Å². The lowest BCUT2D eigenvalue weighted by atomic mass is 9.68. The summed E-state index contributed by atoms with van der Waals surface area (Å²) in [5.41, 5.74) is 8.51. The highest BCUT2D eigenvalue weighted by molar-refractivity contribution is 6.30. The van der Waals surface area contributed by atoms with Crippen LogP contribution in [0.2, 0.25) is 5.02 Å². The molecule has 1 aromatic heterocycles. The Kier molecular flexibility index (Phi) is 5.21. The quantitative estimate of drug-likeness (QED) is 0.457. The molecule has 5 aliphatic rings. The van der Waals surface area contributed by atoms with Gasteiger partial charge in [-0.2, -0.15) is 0 Å². The molecular weight excluding hydrogens is 476 g/mol. The fraction of sp³-hybridized carbons (Fsp3) is 0.531. The van der Waals surface area contributed by atoms with Gasteiger partial charge in [0, 0.05) is 50.7 Å². The summed E-state index contributed by atoms with van der Waals surface area (Å²) in [6, 6.07) is 9.27. The molecule has 0 unspecified atom stereocenters. The van der Waals surface area contributed by atoms with Crippen LogP contribution in [-0.2, 0) is 17.3 Å². The number of piperidine rings is 1. The number of hydrogen-bond donors (Lipinski definition) is 1. The summed E-state index contributed by atoms with van der Waals surface area (Å²) >= 11 is 6.36. The van der Waals surface area contributed by atoms with E-state index >= 15 is 0 Å². The summed E-state index contributed by atoms with van der Waals surface area (Å²) < 4.78 is 0. The van der Waals surface area contributed by atoms with E-state index in [0.717, 1.165) is 49.6 Å². The maximum absolute atomic E-state index is 6.36. The van der Waals surface area contributed by atoms with E-state index in [1.54, 1.807) is 0 Å². The van der Waals surface area contributed by atoms with Crippen molar-refractivity contribution >= 4 is 23.1 Å². The second kappa shape index (κ2) is 8.10. The van der Waals surface area contributed by atoms with Crippen LogP contribution < -0.4 is 10.2 Å². The van der Waals surface area contributed by atoms with Crippen molar-refractivity contribution in [2.24, 2.45) is 5.41 Å². The van der Waals surface area contributed by atoms with Crippen LogP contribution in [-0.4, -0.2) is 35.6 Å². The van der Waals surface area contributed by atoms with Crippen molar-refractivity contribution in [3.63, 3.8) is 0 Å². The van der Waals surface area contributed by atoms with Gasteiger partial charge in [-0.25, -0.2) is 4.98 Å². The van der Waals surface area contributed by atoms with E-state index in [1.165, 1.54) is 66.0 Å². The van der Waals surface area contributed by atoms with Crippen molar-refractivity contribution in [3.05, 3.63) is 76.7 Å². The lowest BCUT2D eigenvalue weighted by molar-refractivity contribution is 0.151. The van der Waals surface area contributed by atoms with Crippen molar-refractivity contribution in [1.82, 2.24) is 9.88 Å². The molecule has 2 aliphatic carbocycles. The van der Waals surface area contributed by atoms with Crippen molar-refractivity contribution < 1.29 is 0 Å². The minimum Gasteiger partial charge on any atom is -0.358 e. The molecule has 4 heterocycles. The third-order valence-electron chi connectivity index (χ3n) is 10.2. The summed E-state index contributed by atoms with van der Waals surface area (Å²) in [7, 11) is 0. The van der Waals surface area contributed by atoms with Gasteiger partial charge < -0.3 is 15.1 Å². The smallest absolute Gasteiger partial charge is 0.137 e. The van der Waals surface area contributed by atoms with Crippen LogP contribution in [0.1, 0.15) is 75.5 Å². The maximum Gasteiger partial charge on any atom is 0.137 e. The minimum absolute atomic E-state index is 0.0309. The summed E-state index contributed by atoms with van der Waals surface area (Å²) in [6.45, 7) is 17.1. The minimum atomic E-state index is 0.0309. The number of likely N-dealkylation sites (tertiary alicyclic amines) is 1. The molecule has 0 bridgehead atoms. The molecule has 7 rings (SSSR count). The highest BCUT2D eigenvalue weighted by Crippen LogP contribution is 2.63. The molecule has 4 nitrogen and oxygen atoms in total. The molecule has 2 saturated carbocycles. The fourth-order valence-corrected chi connectivity index (χ4v) is 8.04. The highest BCUT2D eigenvalue weighted by Gasteiger charge is 2.58. The van der Waals surface area contributed by atoms with E-state index in [-0.39, 0.29) is 10.8 Å². The summed E-state index contributed by atoms with van der Waals surface area (Å²) in [5.74, 6) is 1.21. The monoisotopic (exact) mass is 514 g/mol. The van der Waals surface area contributed by atoms with Gasteiger partial charge in [-0.05, 0) is 112 Å². The lowest BCUT2D eigenvalue weighted by Gasteiger charge is -2.48. The number of rotatable bonds is 5. The number of pyridine rings is 1. The van der Waals surface area contributed by atoms with Crippen molar-refractivity contribution in [1.29, 1.82) is 0 Å². The van der Waals surface area contributed by atoms with E-state index < -0.39 is 0 Å². The number of halogens is 1. The van der Waals surface area contributed by atoms with E-state index in [4.69, 9.17) is 16.6 Å². The Morgan fingerprint density at radius 2 is 1.78 bits per heavy atom. The number of benzene rings is 1. The number of anilines is 2. The first-order valence-electron chi connectivity index (χ1n) is 14.2. The summed E-state index contributed by atoms with van der Waals surface area (Å²) in [5, 5.41) is 4.35. The molecule has 5 heteroatoms. The number of allylic oxidation sites excluding steroid dienone is 2. The molecule has 37 heavy (non-hydrogen) atoms. The lowest BCUT2D eigenvalue weighted by Crippen LogP contribution is -2.48. The van der Waals surface area contributed by atoms with Gasteiger partial charge in [0.2, 0.25) is 0 Å². The zero-order valence-corrected chi connectivity index (χ0v) is 23.1. The molecule has 2 aromatic rings. The van der Waals surface area contributed by atoms with E-state index in [2.05, 4.69) is 66.5 Å². The predicted octanol–water partition coefficient (Wildman–Crippen LogP) is 7.19. The standard InChI is InChI=1S/C32H39ClN4/c1-21-31(26-17-24(33)7-8-28(26)35-21)11-14-36(15-12-31)13-5-6-23-16-27-29(34-20-23)37(22(2)32(27)9-10-32)25-18-30(3,4)19-25/h7-8,16-17,20,25,35H,1-2,5-6,9-15,18-19H2,3-4H3. The van der Waals surface area contributed by atoms with Gasteiger partial charge in [0.05, 0.1) is 0 Å². The zero-order valence-electron chi connectivity index (χ0n) is 22.4. The Hall–Kier alpha value is -2.30. The summed E-state index contributed by atoms with van der Waals surface area (Å²) in [4.78, 5) is 10.2. The molecule has 2 spiro atoms. The molecule has 1 saturated heterocycles. The Bertz CT molecular complexity index is 1290. The Labute approximate surface area is 226 Å². The van der Waals surface area contributed by atoms with Crippen LogP contribution >= 0.6 is 11.6 Å². The number of aryl methyl sites for hydroxylation is 1. The van der Waals surface area contributed by atoms with Gasteiger partial charge in [0.15, 0.2) is 0 Å². The van der Waals surface area contributed by atoms with Gasteiger partial charge in [-0.15, -0.1) is 0 Å². The number of fused-ring (bicyclic) bond motifs is 4. The van der Waals surface area contributed by atoms with Crippen LogP contribution in [0.25, 0.3) is 0 Å². The van der Waals surface area contributed by atoms with Crippen LogP contribution in [0.5, 0.6) is 0 Å². The SMILES string of the molecule is C=C1Nc2ccc(Cl)cc2C12CCN(CCCc1cnc3c(c1)C1(CC1)C(=C)N3C1CC(C)(C)C1)CC2. The number of nitrogens with one attached hydrogen (secondary N) is 1. The first-order chi connectivity index (χ1) is 17.7. The van der Waals surface area contributed by atoms with Crippen molar-refractivity contribution in [2.75, 3.05) is 29.9 Å². The van der Waals surface area contributed by atoms with Gasteiger partial charge in [-0.3, -0.25) is 0 Å². The third kappa shape index (κ3) is 3.62. The molecule has 3 fully saturated rings. The second-order valence-electron chi connectivity index (χ2n) is 13.2. The summed E-state index contributed by atoms with van der Waals surface area (Å²) in [6.07, 6.45) is 11.6. The first-order valence-corrected chi connectivity index (χ1v) is 14.6. The van der Waals surface area contributed by atoms with E-state index in [1.807, 2.05) is 6.07 Å². The van der Waals surface area contributed by atoms with E-state index in [0.29, 0.717) is 11.5 Å². The van der Waals surface area contributed by atoms with Crippen LogP contribution in [0.15, 0.2) is 55.0 Å². The average molecular weight is 515 g/mol. The van der Waals surface area contributed by atoms with Crippen LogP contribution in [0.3, 0.4) is 0 Å². The zero-order chi connectivity index (χ0) is 25.6. The first kappa shape index (κ1) is 23.8. The van der Waals surface area contributed by atoms with Gasteiger partial charge in [0.1, 0.15) is 5.82 Å². The number of aromatic nitrogens is 1. The van der Waals surface area contributed by atoms with Crippen LogP contribution in [0, 0.1) is 5.41 Å². The van der Waals surface area contributed by atoms with Crippen molar-refractivity contribution in [2.45, 2.75) is 82.1 Å². The van der Waals surface area contributed by atoms with Crippen LogP contribution in [0.4, 0.5) is 11.5 Å². The largest absolute Gasteiger partial charge is 0.358 e. The predicted molar refractivity (Wildman–Crippen MR) is 153 cm³/mol. The fourth-order valence-electron chi connectivity index (χ4n) is 7.87. The topological polar surface area (TPSA) is 31.4 Å². The Balaban J connectivity index is 0.986. The molecule has 0 atom stereocenters. The van der Waals surface area contributed by atoms with Gasteiger partial charge in [0.25, 0.3) is 0 Å². The molecule has 0 radical (unpaired) electrons. The van der Waals surface area contributed by atoms with Crippen molar-refractivity contribution in [3.8, 4) is 0 Å². The van der Waals surface area contributed by atoms with Gasteiger partial charge in [-0.1, -0.05) is 38.6 Å². The molecule has 1 aromatic carbocycles. The highest BCUT2D eigenvalue weighted by atomic mass is 35.5. The molecule has 0 amide bonds. The Morgan fingerprint density at radius 1 is 1.03 bits per heavy atom. The molecular formula is C32H39ClN4. The Morgan fingerprint density at radius 3 is 2.49 bits per heavy atom. The average Bonchev–Trinajstić information content (AvgIpc) is 3.58. The maximum atomic E-state index is 6.36. The second-order valence-corrected chi connectivity index (χ2v) is 13.6. The normalized spacial score (nSPS) is 24.8. The number of hydrogen-bond acceptors (Lipinski definition) is 4. The molecule has 3 aliphatic heterocycles. The van der Waals surface area contributed by atoms with Gasteiger partial charge >= 0.3 is 0 Å². The molecule has 1 N–H and O–H groups in total. The number of nitrogens with zero attached hydrogens (tertiary/aromatic N) is 3.